The van der Waals surface area contributed by atoms with E-state index in [9.17, 15) is 4.79 Å². The van der Waals surface area contributed by atoms with Crippen molar-refractivity contribution in [2.45, 2.75) is 18.8 Å². The minimum atomic E-state index is -0.178. The first-order valence-corrected chi connectivity index (χ1v) is 4.62. The SMILES string of the molecule is Nc1cc(=O)n2nc(C3CC3)cc2[nH]1. The molecule has 0 radical (unpaired) electrons. The predicted molar refractivity (Wildman–Crippen MR) is 52.2 cm³/mol. The third-order valence-electron chi connectivity index (χ3n) is 2.48. The molecule has 1 fully saturated rings. The lowest BCUT2D eigenvalue weighted by Gasteiger charge is -1.93. The van der Waals surface area contributed by atoms with Crippen molar-refractivity contribution < 1.29 is 0 Å². The molecule has 3 N–H and O–H groups in total. The minimum Gasteiger partial charge on any atom is -0.385 e. The summed E-state index contributed by atoms with van der Waals surface area (Å²) in [7, 11) is 0. The van der Waals surface area contributed by atoms with E-state index in [1.165, 1.54) is 23.4 Å². The van der Waals surface area contributed by atoms with Crippen molar-refractivity contribution in [1.82, 2.24) is 14.6 Å². The Morgan fingerprint density at radius 1 is 1.50 bits per heavy atom. The second-order valence-corrected chi connectivity index (χ2v) is 3.70. The zero-order chi connectivity index (χ0) is 9.71. The molecule has 0 bridgehead atoms. The van der Waals surface area contributed by atoms with Gasteiger partial charge in [0.2, 0.25) is 0 Å². The smallest absolute Gasteiger partial charge is 0.276 e. The molecule has 5 heteroatoms. The molecule has 0 aliphatic heterocycles. The quantitative estimate of drug-likeness (QED) is 0.686. The molecule has 0 unspecified atom stereocenters. The summed E-state index contributed by atoms with van der Waals surface area (Å²) in [6.45, 7) is 0. The van der Waals surface area contributed by atoms with Gasteiger partial charge in [-0.05, 0) is 12.8 Å². The van der Waals surface area contributed by atoms with Crippen LogP contribution >= 0.6 is 0 Å². The van der Waals surface area contributed by atoms with Crippen LogP contribution in [0.15, 0.2) is 16.9 Å². The molecule has 1 saturated carbocycles. The number of nitrogens with two attached hydrogens (primary N) is 1. The molecule has 3 rings (SSSR count). The van der Waals surface area contributed by atoms with Gasteiger partial charge in [0.25, 0.3) is 5.56 Å². The van der Waals surface area contributed by atoms with Gasteiger partial charge in [0.1, 0.15) is 11.5 Å². The molecule has 2 heterocycles. The Hall–Kier alpha value is -1.78. The molecule has 0 atom stereocenters. The van der Waals surface area contributed by atoms with Crippen LogP contribution in [0.1, 0.15) is 24.5 Å². The average Bonchev–Trinajstić information content (AvgIpc) is 2.87. The lowest BCUT2D eigenvalue weighted by Crippen LogP contribution is -2.15. The maximum absolute atomic E-state index is 11.5. The zero-order valence-electron chi connectivity index (χ0n) is 7.53. The van der Waals surface area contributed by atoms with Crippen LogP contribution in [0.3, 0.4) is 0 Å². The normalized spacial score (nSPS) is 16.3. The molecule has 5 nitrogen and oxygen atoms in total. The van der Waals surface area contributed by atoms with Crippen molar-refractivity contribution in [3.8, 4) is 0 Å². The van der Waals surface area contributed by atoms with Gasteiger partial charge in [0.05, 0.1) is 5.69 Å². The molecule has 14 heavy (non-hydrogen) atoms. The number of aromatic nitrogens is 3. The highest BCUT2D eigenvalue weighted by molar-refractivity contribution is 5.45. The molecule has 0 saturated heterocycles. The van der Waals surface area contributed by atoms with Gasteiger partial charge in [0.15, 0.2) is 0 Å². The van der Waals surface area contributed by atoms with Gasteiger partial charge in [-0.1, -0.05) is 0 Å². The summed E-state index contributed by atoms with van der Waals surface area (Å²) in [6, 6.07) is 3.24. The van der Waals surface area contributed by atoms with Crippen LogP contribution in [0.5, 0.6) is 0 Å². The van der Waals surface area contributed by atoms with Crippen molar-refractivity contribution in [3.05, 3.63) is 28.2 Å². The van der Waals surface area contributed by atoms with Crippen LogP contribution in [0.4, 0.5) is 5.82 Å². The van der Waals surface area contributed by atoms with Crippen LogP contribution in [0.2, 0.25) is 0 Å². The Balaban J connectivity index is 2.31. The third-order valence-corrected chi connectivity index (χ3v) is 2.48. The lowest BCUT2D eigenvalue weighted by molar-refractivity contribution is 0.855. The van der Waals surface area contributed by atoms with E-state index in [1.807, 2.05) is 6.07 Å². The van der Waals surface area contributed by atoms with E-state index in [4.69, 9.17) is 5.73 Å². The summed E-state index contributed by atoms with van der Waals surface area (Å²) in [5.41, 5.74) is 7.02. The molecule has 2 aromatic heterocycles. The summed E-state index contributed by atoms with van der Waals surface area (Å²) in [5.74, 6) is 0.925. The molecule has 1 aliphatic carbocycles. The topological polar surface area (TPSA) is 76.2 Å². The summed E-state index contributed by atoms with van der Waals surface area (Å²) in [6.07, 6.45) is 2.35. The largest absolute Gasteiger partial charge is 0.385 e. The molecule has 72 valence electrons. The second-order valence-electron chi connectivity index (χ2n) is 3.70. The number of H-pyrrole nitrogens is 1. The molecular weight excluding hydrogens is 180 g/mol. The Bertz CT molecular complexity index is 549. The van der Waals surface area contributed by atoms with Gasteiger partial charge in [-0.3, -0.25) is 4.79 Å². The van der Waals surface area contributed by atoms with Crippen LogP contribution in [0.25, 0.3) is 5.65 Å². The monoisotopic (exact) mass is 190 g/mol. The highest BCUT2D eigenvalue weighted by Gasteiger charge is 2.26. The molecular formula is C9H10N4O. The van der Waals surface area contributed by atoms with E-state index in [-0.39, 0.29) is 5.56 Å². The lowest BCUT2D eigenvalue weighted by atomic mass is 10.3. The molecule has 0 aromatic carbocycles. The van der Waals surface area contributed by atoms with Gasteiger partial charge >= 0.3 is 0 Å². The first kappa shape index (κ1) is 7.61. The maximum atomic E-state index is 11.5. The van der Waals surface area contributed by atoms with Crippen molar-refractivity contribution in [3.63, 3.8) is 0 Å². The third kappa shape index (κ3) is 1.02. The van der Waals surface area contributed by atoms with E-state index >= 15 is 0 Å². The number of aromatic amines is 1. The molecule has 0 spiro atoms. The summed E-state index contributed by atoms with van der Waals surface area (Å²) < 4.78 is 1.37. The zero-order valence-corrected chi connectivity index (χ0v) is 7.53. The summed E-state index contributed by atoms with van der Waals surface area (Å²) in [5, 5.41) is 4.23. The van der Waals surface area contributed by atoms with Crippen molar-refractivity contribution in [2.24, 2.45) is 0 Å². The van der Waals surface area contributed by atoms with E-state index in [1.54, 1.807) is 0 Å². The number of hydrogen-bond donors (Lipinski definition) is 2. The minimum absolute atomic E-state index is 0.178. The Kier molecular flexibility index (Phi) is 1.29. The van der Waals surface area contributed by atoms with Crippen molar-refractivity contribution >= 4 is 11.5 Å². The number of nitrogen functional groups attached to an aromatic ring is 1. The van der Waals surface area contributed by atoms with Gasteiger partial charge in [-0.2, -0.15) is 9.61 Å². The van der Waals surface area contributed by atoms with Gasteiger partial charge in [-0.15, -0.1) is 0 Å². The van der Waals surface area contributed by atoms with Crippen LogP contribution < -0.4 is 11.3 Å². The fourth-order valence-corrected chi connectivity index (χ4v) is 1.61. The first-order valence-electron chi connectivity index (χ1n) is 4.62. The number of rotatable bonds is 1. The molecule has 2 aromatic rings. The average molecular weight is 190 g/mol. The number of fused-ring (bicyclic) bond motifs is 1. The Morgan fingerprint density at radius 3 is 3.00 bits per heavy atom. The number of nitrogens with zero attached hydrogens (tertiary/aromatic N) is 2. The number of nitrogens with one attached hydrogen (secondary N) is 1. The number of hydrogen-bond acceptors (Lipinski definition) is 3. The van der Waals surface area contributed by atoms with Crippen LogP contribution in [-0.2, 0) is 0 Å². The Labute approximate surface area is 79.5 Å². The van der Waals surface area contributed by atoms with E-state index in [2.05, 4.69) is 10.1 Å². The first-order chi connectivity index (χ1) is 6.74. The fraction of sp³-hybridized carbons (Fsp3) is 0.333. The van der Waals surface area contributed by atoms with Crippen molar-refractivity contribution in [1.29, 1.82) is 0 Å². The Morgan fingerprint density at radius 2 is 2.29 bits per heavy atom. The van der Waals surface area contributed by atoms with Gasteiger partial charge in [0, 0.05) is 18.1 Å². The molecule has 1 aliphatic rings. The number of anilines is 1. The highest BCUT2D eigenvalue weighted by atomic mass is 16.1. The standard InChI is InChI=1S/C9H10N4O/c10-7-4-9(14)13-8(11-7)3-6(12-13)5-1-2-5/h3-5,11H,1-2,10H2. The van der Waals surface area contributed by atoms with Gasteiger partial charge in [-0.25, -0.2) is 0 Å². The summed E-state index contributed by atoms with van der Waals surface area (Å²) >= 11 is 0. The predicted octanol–water partition coefficient (Wildman–Crippen LogP) is 0.482. The highest BCUT2D eigenvalue weighted by Crippen LogP contribution is 2.39. The van der Waals surface area contributed by atoms with E-state index in [0.29, 0.717) is 17.4 Å². The van der Waals surface area contributed by atoms with Crippen LogP contribution in [-0.4, -0.2) is 14.6 Å². The van der Waals surface area contributed by atoms with Gasteiger partial charge < -0.3 is 10.7 Å². The fourth-order valence-electron chi connectivity index (χ4n) is 1.61. The van der Waals surface area contributed by atoms with Crippen LogP contribution in [0, 0.1) is 0 Å². The maximum Gasteiger partial charge on any atom is 0.276 e. The summed E-state index contributed by atoms with van der Waals surface area (Å²) in [4.78, 5) is 14.4. The van der Waals surface area contributed by atoms with E-state index in [0.717, 1.165) is 5.69 Å². The van der Waals surface area contributed by atoms with E-state index < -0.39 is 0 Å². The second kappa shape index (κ2) is 2.37. The molecule has 0 amide bonds. The van der Waals surface area contributed by atoms with Crippen molar-refractivity contribution in [2.75, 3.05) is 5.73 Å².